The van der Waals surface area contributed by atoms with Crippen molar-refractivity contribution in [2.75, 3.05) is 37.7 Å². The number of aromatic nitrogens is 2. The molecule has 1 aromatic heterocycles. The molecule has 1 unspecified atom stereocenters. The molecule has 0 spiro atoms. The molecule has 1 aliphatic rings. The molecule has 2 heterocycles. The number of anilines is 1. The first-order valence-electron chi connectivity index (χ1n) is 8.07. The van der Waals surface area contributed by atoms with Crippen LogP contribution in [0.2, 0.25) is 0 Å². The van der Waals surface area contributed by atoms with Gasteiger partial charge in [-0.05, 0) is 30.5 Å². The van der Waals surface area contributed by atoms with Gasteiger partial charge < -0.3 is 19.5 Å². The maximum atomic E-state index is 5.43. The summed E-state index contributed by atoms with van der Waals surface area (Å²) in [6.07, 6.45) is 3.06. The van der Waals surface area contributed by atoms with Crippen molar-refractivity contribution >= 4 is 5.95 Å². The Morgan fingerprint density at radius 2 is 2.05 bits per heavy atom. The van der Waals surface area contributed by atoms with Gasteiger partial charge >= 0.3 is 0 Å². The summed E-state index contributed by atoms with van der Waals surface area (Å²) >= 11 is 0. The summed E-state index contributed by atoms with van der Waals surface area (Å²) in [7, 11) is 0. The fourth-order valence-electron chi connectivity index (χ4n) is 2.59. The van der Waals surface area contributed by atoms with Crippen LogP contribution in [0.25, 0.3) is 0 Å². The van der Waals surface area contributed by atoms with Gasteiger partial charge in [-0.1, -0.05) is 20.8 Å². The lowest BCUT2D eigenvalue weighted by molar-refractivity contribution is 0.121. The Labute approximate surface area is 127 Å². The van der Waals surface area contributed by atoms with Gasteiger partial charge in [0.05, 0.1) is 13.2 Å². The third-order valence-corrected chi connectivity index (χ3v) is 3.61. The molecule has 0 radical (unpaired) electrons. The Hall–Kier alpha value is -1.14. The molecule has 6 heteroatoms. The van der Waals surface area contributed by atoms with E-state index in [9.17, 15) is 0 Å². The van der Waals surface area contributed by atoms with Crippen LogP contribution >= 0.6 is 0 Å². The first-order chi connectivity index (χ1) is 10.2. The van der Waals surface area contributed by atoms with Gasteiger partial charge in [-0.3, -0.25) is 0 Å². The molecular formula is C15H28N4O2. The topological polar surface area (TPSA) is 63.4 Å². The van der Waals surface area contributed by atoms with Gasteiger partial charge in [0, 0.05) is 25.6 Å². The van der Waals surface area contributed by atoms with Crippen LogP contribution < -0.4 is 10.2 Å². The number of hydrogen-bond donors (Lipinski definition) is 1. The SMILES string of the molecule is CCCNC(Cc1nc(N2CCOCC2)no1)CC(C)C. The van der Waals surface area contributed by atoms with Crippen LogP contribution in [0.3, 0.4) is 0 Å². The Morgan fingerprint density at radius 1 is 1.29 bits per heavy atom. The van der Waals surface area contributed by atoms with Crippen molar-refractivity contribution in [3.8, 4) is 0 Å². The van der Waals surface area contributed by atoms with E-state index in [1.807, 2.05) is 0 Å². The zero-order valence-electron chi connectivity index (χ0n) is 13.5. The molecule has 0 aliphatic carbocycles. The summed E-state index contributed by atoms with van der Waals surface area (Å²) in [5, 5.41) is 7.69. The van der Waals surface area contributed by atoms with Crippen molar-refractivity contribution in [1.82, 2.24) is 15.5 Å². The van der Waals surface area contributed by atoms with E-state index in [2.05, 4.69) is 41.1 Å². The summed E-state index contributed by atoms with van der Waals surface area (Å²) in [5.74, 6) is 2.08. The molecule has 0 amide bonds. The predicted octanol–water partition coefficient (Wildman–Crippen LogP) is 1.86. The minimum Gasteiger partial charge on any atom is -0.378 e. The molecule has 1 aliphatic heterocycles. The van der Waals surface area contributed by atoms with Gasteiger partial charge in [0.1, 0.15) is 0 Å². The van der Waals surface area contributed by atoms with Gasteiger partial charge in [-0.15, -0.1) is 0 Å². The van der Waals surface area contributed by atoms with Crippen molar-refractivity contribution < 1.29 is 9.26 Å². The molecule has 1 N–H and O–H groups in total. The normalized spacial score (nSPS) is 17.4. The van der Waals surface area contributed by atoms with Gasteiger partial charge in [0.25, 0.3) is 5.95 Å². The van der Waals surface area contributed by atoms with Crippen molar-refractivity contribution in [2.45, 2.75) is 46.1 Å². The number of ether oxygens (including phenoxy) is 1. The number of rotatable bonds is 8. The highest BCUT2D eigenvalue weighted by molar-refractivity contribution is 5.28. The molecule has 2 rings (SSSR count). The van der Waals surface area contributed by atoms with Crippen molar-refractivity contribution in [3.05, 3.63) is 5.89 Å². The van der Waals surface area contributed by atoms with E-state index in [4.69, 9.17) is 9.26 Å². The standard InChI is InChI=1S/C15H28N4O2/c1-4-5-16-13(10-12(2)3)11-14-17-15(18-21-14)19-6-8-20-9-7-19/h12-13,16H,4-11H2,1-3H3. The predicted molar refractivity (Wildman–Crippen MR) is 82.6 cm³/mol. The second-order valence-corrected chi connectivity index (χ2v) is 6.07. The zero-order valence-corrected chi connectivity index (χ0v) is 13.5. The molecule has 120 valence electrons. The highest BCUT2D eigenvalue weighted by Gasteiger charge is 2.19. The average molecular weight is 296 g/mol. The van der Waals surface area contributed by atoms with Gasteiger partial charge in [-0.2, -0.15) is 4.98 Å². The van der Waals surface area contributed by atoms with E-state index in [1.54, 1.807) is 0 Å². The van der Waals surface area contributed by atoms with Crippen molar-refractivity contribution in [2.24, 2.45) is 5.92 Å². The number of nitrogens with zero attached hydrogens (tertiary/aromatic N) is 3. The number of nitrogens with one attached hydrogen (secondary N) is 1. The average Bonchev–Trinajstić information content (AvgIpc) is 2.93. The molecule has 0 saturated carbocycles. The maximum absolute atomic E-state index is 5.43. The summed E-state index contributed by atoms with van der Waals surface area (Å²) in [5.41, 5.74) is 0. The van der Waals surface area contributed by atoms with Gasteiger partial charge in [0.2, 0.25) is 5.89 Å². The van der Waals surface area contributed by atoms with E-state index >= 15 is 0 Å². The number of morpholine rings is 1. The molecule has 1 aromatic rings. The minimum atomic E-state index is 0.405. The van der Waals surface area contributed by atoms with E-state index in [0.29, 0.717) is 17.9 Å². The lowest BCUT2D eigenvalue weighted by atomic mass is 10.0. The van der Waals surface area contributed by atoms with Crippen molar-refractivity contribution in [1.29, 1.82) is 0 Å². The summed E-state index contributed by atoms with van der Waals surface area (Å²) in [4.78, 5) is 6.66. The van der Waals surface area contributed by atoms with Crippen LogP contribution in [-0.4, -0.2) is 49.0 Å². The lowest BCUT2D eigenvalue weighted by Gasteiger charge is -2.24. The molecule has 1 fully saturated rings. The van der Waals surface area contributed by atoms with Gasteiger partial charge in [-0.25, -0.2) is 0 Å². The molecule has 1 saturated heterocycles. The second kappa shape index (κ2) is 8.34. The molecule has 0 aromatic carbocycles. The Morgan fingerprint density at radius 3 is 2.71 bits per heavy atom. The largest absolute Gasteiger partial charge is 0.378 e. The van der Waals surface area contributed by atoms with E-state index in [1.165, 1.54) is 0 Å². The van der Waals surface area contributed by atoms with Crippen molar-refractivity contribution in [3.63, 3.8) is 0 Å². The third-order valence-electron chi connectivity index (χ3n) is 3.61. The summed E-state index contributed by atoms with van der Waals surface area (Å²) in [6, 6.07) is 0.405. The van der Waals surface area contributed by atoms with Crippen LogP contribution in [0.4, 0.5) is 5.95 Å². The molecule has 0 bridgehead atoms. The second-order valence-electron chi connectivity index (χ2n) is 6.07. The quantitative estimate of drug-likeness (QED) is 0.790. The molecule has 21 heavy (non-hydrogen) atoms. The van der Waals surface area contributed by atoms with Crippen LogP contribution in [0.5, 0.6) is 0 Å². The Balaban J connectivity index is 1.91. The van der Waals surface area contributed by atoms with E-state index in [0.717, 1.165) is 58.0 Å². The summed E-state index contributed by atoms with van der Waals surface area (Å²) in [6.45, 7) is 10.8. The van der Waals surface area contributed by atoms with E-state index < -0.39 is 0 Å². The molecular weight excluding hydrogens is 268 g/mol. The van der Waals surface area contributed by atoms with Crippen LogP contribution in [-0.2, 0) is 11.2 Å². The lowest BCUT2D eigenvalue weighted by Crippen LogP contribution is -2.37. The highest BCUT2D eigenvalue weighted by atomic mass is 16.5. The van der Waals surface area contributed by atoms with Crippen LogP contribution in [0.1, 0.15) is 39.5 Å². The van der Waals surface area contributed by atoms with E-state index in [-0.39, 0.29) is 0 Å². The zero-order chi connectivity index (χ0) is 15.1. The third kappa shape index (κ3) is 5.28. The fourth-order valence-corrected chi connectivity index (χ4v) is 2.59. The fraction of sp³-hybridized carbons (Fsp3) is 0.867. The molecule has 6 nitrogen and oxygen atoms in total. The van der Waals surface area contributed by atoms with Gasteiger partial charge in [0.15, 0.2) is 0 Å². The monoisotopic (exact) mass is 296 g/mol. The Kier molecular flexibility index (Phi) is 6.45. The summed E-state index contributed by atoms with van der Waals surface area (Å²) < 4.78 is 10.8. The highest BCUT2D eigenvalue weighted by Crippen LogP contribution is 2.14. The van der Waals surface area contributed by atoms with Crippen LogP contribution in [0.15, 0.2) is 4.52 Å². The first kappa shape index (κ1) is 16.2. The van der Waals surface area contributed by atoms with Crippen LogP contribution in [0, 0.1) is 5.92 Å². The maximum Gasteiger partial charge on any atom is 0.266 e. The number of hydrogen-bond acceptors (Lipinski definition) is 6. The molecule has 1 atom stereocenters. The smallest absolute Gasteiger partial charge is 0.266 e. The minimum absolute atomic E-state index is 0.405. The Bertz CT molecular complexity index is 402. The first-order valence-corrected chi connectivity index (χ1v) is 8.07.